The van der Waals surface area contributed by atoms with Crippen LogP contribution in [0.2, 0.25) is 0 Å². The zero-order chi connectivity index (χ0) is 16.3. The second-order valence-corrected chi connectivity index (χ2v) is 6.00. The second-order valence-electron chi connectivity index (χ2n) is 6.00. The smallest absolute Gasteiger partial charge is 0.255 e. The van der Waals surface area contributed by atoms with E-state index in [0.717, 1.165) is 41.8 Å². The van der Waals surface area contributed by atoms with E-state index < -0.39 is 0 Å². The average molecular weight is 298 g/mol. The summed E-state index contributed by atoms with van der Waals surface area (Å²) >= 11 is 0. The van der Waals surface area contributed by atoms with Crippen LogP contribution >= 0.6 is 0 Å². The highest BCUT2D eigenvalue weighted by Gasteiger charge is 2.13. The molecule has 1 heterocycles. The summed E-state index contributed by atoms with van der Waals surface area (Å²) in [7, 11) is 0. The molecular formula is C19H26N2O. The molecule has 0 fully saturated rings. The Hall–Kier alpha value is -1.87. The van der Waals surface area contributed by atoms with E-state index in [1.165, 1.54) is 11.1 Å². The van der Waals surface area contributed by atoms with Crippen LogP contribution in [-0.4, -0.2) is 4.57 Å². The van der Waals surface area contributed by atoms with Gasteiger partial charge in [0.15, 0.2) is 0 Å². The molecule has 2 aromatic rings. The summed E-state index contributed by atoms with van der Waals surface area (Å²) in [6.07, 6.45) is 2.05. The van der Waals surface area contributed by atoms with E-state index in [2.05, 4.69) is 45.0 Å². The minimum absolute atomic E-state index is 0.0594. The summed E-state index contributed by atoms with van der Waals surface area (Å²) in [4.78, 5) is 12.8. The fraction of sp³-hybridized carbons (Fsp3) is 0.421. The van der Waals surface area contributed by atoms with E-state index >= 15 is 0 Å². The van der Waals surface area contributed by atoms with Crippen LogP contribution in [0.3, 0.4) is 0 Å². The molecule has 1 aromatic heterocycles. The summed E-state index contributed by atoms with van der Waals surface area (Å²) < 4.78 is 1.89. The molecule has 118 valence electrons. The lowest BCUT2D eigenvalue weighted by atomic mass is 10.0. The topological polar surface area (TPSA) is 48.0 Å². The highest BCUT2D eigenvalue weighted by atomic mass is 16.1. The predicted molar refractivity (Wildman–Crippen MR) is 93.1 cm³/mol. The lowest BCUT2D eigenvalue weighted by molar-refractivity contribution is 0.612. The molecule has 3 nitrogen and oxygen atoms in total. The van der Waals surface area contributed by atoms with Gasteiger partial charge in [0.05, 0.1) is 5.69 Å². The van der Waals surface area contributed by atoms with Gasteiger partial charge in [-0.1, -0.05) is 25.5 Å². The highest BCUT2D eigenvalue weighted by Crippen LogP contribution is 2.23. The van der Waals surface area contributed by atoms with Crippen LogP contribution in [0.4, 0.5) is 0 Å². The van der Waals surface area contributed by atoms with Crippen molar-refractivity contribution in [3.63, 3.8) is 0 Å². The average Bonchev–Trinajstić information content (AvgIpc) is 2.49. The van der Waals surface area contributed by atoms with Crippen molar-refractivity contribution in [3.8, 4) is 11.3 Å². The third-order valence-electron chi connectivity index (χ3n) is 4.37. The van der Waals surface area contributed by atoms with Crippen molar-refractivity contribution in [2.24, 2.45) is 5.73 Å². The largest absolute Gasteiger partial charge is 0.326 e. The number of hydrogen-bond donors (Lipinski definition) is 1. The van der Waals surface area contributed by atoms with Crippen molar-refractivity contribution in [2.75, 3.05) is 0 Å². The van der Waals surface area contributed by atoms with Crippen molar-refractivity contribution in [2.45, 2.75) is 53.6 Å². The molecule has 1 aromatic carbocycles. The Balaban J connectivity index is 2.67. The number of pyridine rings is 1. The molecule has 2 N–H and O–H groups in total. The van der Waals surface area contributed by atoms with Crippen molar-refractivity contribution >= 4 is 0 Å². The Labute approximate surface area is 132 Å². The SMILES string of the molecule is CCCCn1c(-c2ccc(C)c(C)c2)cc(C)c(CN)c1=O. The van der Waals surface area contributed by atoms with Gasteiger partial charge in [0.2, 0.25) is 0 Å². The lowest BCUT2D eigenvalue weighted by Gasteiger charge is -2.17. The molecule has 0 radical (unpaired) electrons. The van der Waals surface area contributed by atoms with Gasteiger partial charge >= 0.3 is 0 Å². The van der Waals surface area contributed by atoms with E-state index in [-0.39, 0.29) is 5.56 Å². The standard InChI is InChI=1S/C19H26N2O/c1-5-6-9-21-18(11-15(4)17(12-20)19(21)22)16-8-7-13(2)14(3)10-16/h7-8,10-11H,5-6,9,12,20H2,1-4H3. The fourth-order valence-corrected chi connectivity index (χ4v) is 2.74. The van der Waals surface area contributed by atoms with Gasteiger partial charge in [-0.05, 0) is 61.6 Å². The summed E-state index contributed by atoms with van der Waals surface area (Å²) in [6.45, 7) is 9.35. The molecule has 22 heavy (non-hydrogen) atoms. The number of benzene rings is 1. The normalized spacial score (nSPS) is 11.0. The van der Waals surface area contributed by atoms with Crippen molar-refractivity contribution in [1.82, 2.24) is 4.57 Å². The van der Waals surface area contributed by atoms with Gasteiger partial charge in [-0.3, -0.25) is 4.79 Å². The van der Waals surface area contributed by atoms with Crippen LogP contribution < -0.4 is 11.3 Å². The highest BCUT2D eigenvalue weighted by molar-refractivity contribution is 5.63. The Morgan fingerprint density at radius 3 is 2.36 bits per heavy atom. The second kappa shape index (κ2) is 6.93. The first-order chi connectivity index (χ1) is 10.5. The van der Waals surface area contributed by atoms with Crippen LogP contribution in [0.1, 0.15) is 42.0 Å². The molecule has 0 aliphatic rings. The van der Waals surface area contributed by atoms with Gasteiger partial charge in [-0.25, -0.2) is 0 Å². The minimum Gasteiger partial charge on any atom is -0.326 e. The van der Waals surface area contributed by atoms with E-state index in [4.69, 9.17) is 5.73 Å². The van der Waals surface area contributed by atoms with Crippen LogP contribution in [0.15, 0.2) is 29.1 Å². The van der Waals surface area contributed by atoms with E-state index in [0.29, 0.717) is 6.54 Å². The number of aryl methyl sites for hydroxylation is 3. The summed E-state index contributed by atoms with van der Waals surface area (Å²) in [6, 6.07) is 8.48. The number of nitrogens with two attached hydrogens (primary N) is 1. The predicted octanol–water partition coefficient (Wildman–Crippen LogP) is 3.70. The molecule has 2 rings (SSSR count). The number of rotatable bonds is 5. The van der Waals surface area contributed by atoms with Crippen LogP contribution in [0, 0.1) is 20.8 Å². The Kier molecular flexibility index (Phi) is 5.19. The fourth-order valence-electron chi connectivity index (χ4n) is 2.74. The van der Waals surface area contributed by atoms with E-state index in [1.54, 1.807) is 0 Å². The van der Waals surface area contributed by atoms with Crippen LogP contribution in [-0.2, 0) is 13.1 Å². The molecule has 0 unspecified atom stereocenters. The Morgan fingerprint density at radius 2 is 1.77 bits per heavy atom. The van der Waals surface area contributed by atoms with Gasteiger partial charge in [0.1, 0.15) is 0 Å². The van der Waals surface area contributed by atoms with Gasteiger partial charge in [-0.15, -0.1) is 0 Å². The molecule has 3 heteroatoms. The van der Waals surface area contributed by atoms with Crippen molar-refractivity contribution in [1.29, 1.82) is 0 Å². The quantitative estimate of drug-likeness (QED) is 0.915. The number of hydrogen-bond acceptors (Lipinski definition) is 2. The van der Waals surface area contributed by atoms with Crippen LogP contribution in [0.25, 0.3) is 11.3 Å². The third-order valence-corrected chi connectivity index (χ3v) is 4.37. The molecule has 0 aliphatic carbocycles. The van der Waals surface area contributed by atoms with Crippen molar-refractivity contribution < 1.29 is 0 Å². The van der Waals surface area contributed by atoms with Crippen LogP contribution in [0.5, 0.6) is 0 Å². The van der Waals surface area contributed by atoms with E-state index in [1.807, 2.05) is 11.5 Å². The molecule has 0 saturated heterocycles. The monoisotopic (exact) mass is 298 g/mol. The minimum atomic E-state index is 0.0594. The maximum atomic E-state index is 12.8. The van der Waals surface area contributed by atoms with Gasteiger partial charge in [0.25, 0.3) is 5.56 Å². The molecule has 0 atom stereocenters. The van der Waals surface area contributed by atoms with E-state index in [9.17, 15) is 4.79 Å². The Bertz CT molecular complexity index is 729. The first-order valence-electron chi connectivity index (χ1n) is 8.00. The van der Waals surface area contributed by atoms with Gasteiger partial charge in [0, 0.05) is 18.7 Å². The zero-order valence-corrected chi connectivity index (χ0v) is 14.1. The lowest BCUT2D eigenvalue weighted by Crippen LogP contribution is -2.28. The number of unbranched alkanes of at least 4 members (excludes halogenated alkanes) is 1. The maximum Gasteiger partial charge on any atom is 0.255 e. The first-order valence-corrected chi connectivity index (χ1v) is 8.00. The van der Waals surface area contributed by atoms with Crippen molar-refractivity contribution in [3.05, 3.63) is 56.9 Å². The number of aromatic nitrogens is 1. The maximum absolute atomic E-state index is 12.8. The molecule has 0 spiro atoms. The molecule has 0 aliphatic heterocycles. The Morgan fingerprint density at radius 1 is 1.05 bits per heavy atom. The van der Waals surface area contributed by atoms with Gasteiger partial charge < -0.3 is 10.3 Å². The van der Waals surface area contributed by atoms with Gasteiger partial charge in [-0.2, -0.15) is 0 Å². The zero-order valence-electron chi connectivity index (χ0n) is 14.1. The molecule has 0 bridgehead atoms. The third kappa shape index (κ3) is 3.14. The summed E-state index contributed by atoms with van der Waals surface area (Å²) in [5.74, 6) is 0. The number of nitrogens with zero attached hydrogens (tertiary/aromatic N) is 1. The molecule has 0 saturated carbocycles. The summed E-state index contributed by atoms with van der Waals surface area (Å²) in [5.41, 5.74) is 12.1. The molecular weight excluding hydrogens is 272 g/mol. The molecule has 0 amide bonds. The summed E-state index contributed by atoms with van der Waals surface area (Å²) in [5, 5.41) is 0. The first kappa shape index (κ1) is 16.5.